The Balaban J connectivity index is 1.75. The Morgan fingerprint density at radius 2 is 2.12 bits per heavy atom. The predicted molar refractivity (Wildman–Crippen MR) is 66.9 cm³/mol. The molecule has 1 aromatic heterocycles. The molecule has 2 rings (SSSR count). The van der Waals surface area contributed by atoms with Crippen LogP contribution in [0.2, 0.25) is 0 Å². The van der Waals surface area contributed by atoms with Gasteiger partial charge in [-0.2, -0.15) is 0 Å². The number of nitrogens with one attached hydrogen (secondary N) is 1. The second kappa shape index (κ2) is 4.77. The fourth-order valence-corrected chi connectivity index (χ4v) is 2.03. The molecule has 1 aliphatic carbocycles. The summed E-state index contributed by atoms with van der Waals surface area (Å²) in [7, 11) is 0. The quantitative estimate of drug-likeness (QED) is 0.772. The molecule has 0 aromatic carbocycles. The van der Waals surface area contributed by atoms with E-state index < -0.39 is 0 Å². The number of hydrogen-bond donors (Lipinski definition) is 1. The van der Waals surface area contributed by atoms with Gasteiger partial charge in [-0.3, -0.25) is 0 Å². The van der Waals surface area contributed by atoms with Crippen LogP contribution in [0.25, 0.3) is 0 Å². The molecule has 0 aliphatic heterocycles. The highest BCUT2D eigenvalue weighted by Crippen LogP contribution is 2.58. The molecular weight excluding hydrogens is 214 g/mol. The molecule has 1 saturated carbocycles. The van der Waals surface area contributed by atoms with E-state index in [0.29, 0.717) is 17.4 Å². The molecule has 1 atom stereocenters. The number of rotatable bonds is 6. The third-order valence-corrected chi connectivity index (χ3v) is 3.41. The Kier molecular flexibility index (Phi) is 3.52. The zero-order valence-corrected chi connectivity index (χ0v) is 11.3. The molecule has 0 saturated heterocycles. The maximum atomic E-state index is 5.70. The van der Waals surface area contributed by atoms with Crippen molar-refractivity contribution >= 4 is 0 Å². The maximum absolute atomic E-state index is 5.70. The van der Waals surface area contributed by atoms with Crippen LogP contribution in [0.4, 0.5) is 0 Å². The van der Waals surface area contributed by atoms with Crippen LogP contribution >= 0.6 is 0 Å². The van der Waals surface area contributed by atoms with E-state index in [4.69, 9.17) is 4.42 Å². The van der Waals surface area contributed by atoms with Crippen LogP contribution < -0.4 is 5.32 Å². The summed E-state index contributed by atoms with van der Waals surface area (Å²) in [5, 5.41) is 11.6. The average Bonchev–Trinajstić information content (AvgIpc) is 2.71. The Morgan fingerprint density at radius 3 is 2.71 bits per heavy atom. The zero-order valence-electron chi connectivity index (χ0n) is 11.3. The first-order valence-electron chi connectivity index (χ1n) is 6.55. The summed E-state index contributed by atoms with van der Waals surface area (Å²) in [5.74, 6) is 2.10. The van der Waals surface area contributed by atoms with Crippen molar-refractivity contribution in [2.24, 2.45) is 5.41 Å². The van der Waals surface area contributed by atoms with E-state index in [1.165, 1.54) is 6.42 Å². The minimum atomic E-state index is 0.364. The van der Waals surface area contributed by atoms with E-state index in [1.807, 2.05) is 0 Å². The highest BCUT2D eigenvalue weighted by molar-refractivity contribution is 5.12. The average molecular weight is 237 g/mol. The smallest absolute Gasteiger partial charge is 0.220 e. The molecule has 0 amide bonds. The van der Waals surface area contributed by atoms with Gasteiger partial charge in [0, 0.05) is 18.4 Å². The minimum absolute atomic E-state index is 0.364. The van der Waals surface area contributed by atoms with Gasteiger partial charge in [0.1, 0.15) is 0 Å². The van der Waals surface area contributed by atoms with Crippen LogP contribution in [-0.4, -0.2) is 22.8 Å². The summed E-state index contributed by atoms with van der Waals surface area (Å²) in [6.07, 6.45) is 3.09. The molecule has 1 N–H and O–H groups in total. The Labute approximate surface area is 103 Å². The summed E-state index contributed by atoms with van der Waals surface area (Å²) >= 11 is 0. The minimum Gasteiger partial charge on any atom is -0.425 e. The highest BCUT2D eigenvalue weighted by Gasteiger charge is 2.50. The van der Waals surface area contributed by atoms with E-state index in [2.05, 4.69) is 43.2 Å². The fraction of sp³-hybridized carbons (Fsp3) is 0.846. The van der Waals surface area contributed by atoms with Crippen molar-refractivity contribution in [1.29, 1.82) is 0 Å². The van der Waals surface area contributed by atoms with Gasteiger partial charge in [0.15, 0.2) is 0 Å². The van der Waals surface area contributed by atoms with Gasteiger partial charge < -0.3 is 9.73 Å². The lowest BCUT2D eigenvalue weighted by Gasteiger charge is -2.05. The number of aryl methyl sites for hydroxylation is 1. The van der Waals surface area contributed by atoms with Gasteiger partial charge in [0.2, 0.25) is 11.8 Å². The van der Waals surface area contributed by atoms with Crippen LogP contribution in [0, 0.1) is 5.41 Å². The standard InChI is InChI=1S/C13H23N3O/c1-9(2)14-7-5-6-11-15-16-12(17-11)10-8-13(10,3)4/h9-10,14H,5-8H2,1-4H3. The van der Waals surface area contributed by atoms with Crippen molar-refractivity contribution in [2.75, 3.05) is 6.54 Å². The lowest BCUT2D eigenvalue weighted by Crippen LogP contribution is -2.23. The first kappa shape index (κ1) is 12.6. The lowest BCUT2D eigenvalue weighted by molar-refractivity contribution is 0.425. The van der Waals surface area contributed by atoms with E-state index in [0.717, 1.165) is 31.2 Å². The van der Waals surface area contributed by atoms with Crippen LogP contribution in [0.5, 0.6) is 0 Å². The van der Waals surface area contributed by atoms with Gasteiger partial charge >= 0.3 is 0 Å². The van der Waals surface area contributed by atoms with Crippen LogP contribution in [0.3, 0.4) is 0 Å². The topological polar surface area (TPSA) is 51.0 Å². The van der Waals surface area contributed by atoms with Gasteiger partial charge in [-0.15, -0.1) is 10.2 Å². The van der Waals surface area contributed by atoms with Crippen molar-refractivity contribution in [3.05, 3.63) is 11.8 Å². The van der Waals surface area contributed by atoms with Gasteiger partial charge in [-0.05, 0) is 24.8 Å². The second-order valence-corrected chi connectivity index (χ2v) is 5.99. The Hall–Kier alpha value is -0.900. The van der Waals surface area contributed by atoms with Crippen LogP contribution in [0.15, 0.2) is 4.42 Å². The molecule has 0 spiro atoms. The Morgan fingerprint density at radius 1 is 1.41 bits per heavy atom. The monoisotopic (exact) mass is 237 g/mol. The largest absolute Gasteiger partial charge is 0.425 e. The molecule has 0 radical (unpaired) electrons. The molecule has 1 unspecified atom stereocenters. The molecule has 1 fully saturated rings. The number of hydrogen-bond acceptors (Lipinski definition) is 4. The molecule has 0 bridgehead atoms. The molecule has 1 aromatic rings. The second-order valence-electron chi connectivity index (χ2n) is 5.99. The molecule has 4 heteroatoms. The van der Waals surface area contributed by atoms with E-state index >= 15 is 0 Å². The normalized spacial score (nSPS) is 22.1. The van der Waals surface area contributed by atoms with E-state index in [9.17, 15) is 0 Å². The van der Waals surface area contributed by atoms with Gasteiger partial charge in [0.05, 0.1) is 0 Å². The molecule has 96 valence electrons. The van der Waals surface area contributed by atoms with Crippen molar-refractivity contribution < 1.29 is 4.42 Å². The number of aromatic nitrogens is 2. The predicted octanol–water partition coefficient (Wildman–Crippen LogP) is 2.51. The number of nitrogens with zero attached hydrogens (tertiary/aromatic N) is 2. The fourth-order valence-electron chi connectivity index (χ4n) is 2.03. The van der Waals surface area contributed by atoms with Crippen LogP contribution in [0.1, 0.15) is 58.2 Å². The molecule has 17 heavy (non-hydrogen) atoms. The van der Waals surface area contributed by atoms with Crippen molar-refractivity contribution in [2.45, 2.75) is 58.9 Å². The van der Waals surface area contributed by atoms with Crippen molar-refractivity contribution in [3.63, 3.8) is 0 Å². The summed E-state index contributed by atoms with van der Waals surface area (Å²) < 4.78 is 5.70. The third-order valence-electron chi connectivity index (χ3n) is 3.41. The summed E-state index contributed by atoms with van der Waals surface area (Å²) in [6, 6.07) is 0.542. The summed E-state index contributed by atoms with van der Waals surface area (Å²) in [4.78, 5) is 0. The first-order chi connectivity index (χ1) is 7.99. The van der Waals surface area contributed by atoms with Gasteiger partial charge in [-0.1, -0.05) is 27.7 Å². The SMILES string of the molecule is CC(C)NCCCc1nnc(C2CC2(C)C)o1. The Bertz CT molecular complexity index is 370. The summed E-state index contributed by atoms with van der Waals surface area (Å²) in [5.41, 5.74) is 0.364. The molecule has 1 aliphatic rings. The molecular formula is C13H23N3O. The highest BCUT2D eigenvalue weighted by atomic mass is 16.4. The molecule has 1 heterocycles. The first-order valence-corrected chi connectivity index (χ1v) is 6.55. The van der Waals surface area contributed by atoms with E-state index in [-0.39, 0.29) is 0 Å². The zero-order chi connectivity index (χ0) is 12.5. The van der Waals surface area contributed by atoms with E-state index in [1.54, 1.807) is 0 Å². The summed E-state index contributed by atoms with van der Waals surface area (Å²) in [6.45, 7) is 9.80. The third kappa shape index (κ3) is 3.28. The molecule has 4 nitrogen and oxygen atoms in total. The van der Waals surface area contributed by atoms with Gasteiger partial charge in [0.25, 0.3) is 0 Å². The lowest BCUT2D eigenvalue weighted by atomic mass is 10.1. The van der Waals surface area contributed by atoms with Crippen molar-refractivity contribution in [1.82, 2.24) is 15.5 Å². The van der Waals surface area contributed by atoms with Gasteiger partial charge in [-0.25, -0.2) is 0 Å². The van der Waals surface area contributed by atoms with Crippen molar-refractivity contribution in [3.8, 4) is 0 Å². The maximum Gasteiger partial charge on any atom is 0.220 e. The van der Waals surface area contributed by atoms with Crippen LogP contribution in [-0.2, 0) is 6.42 Å².